The first-order valence-corrected chi connectivity index (χ1v) is 8.55. The minimum absolute atomic E-state index is 0.240. The Labute approximate surface area is 175 Å². The van der Waals surface area contributed by atoms with Crippen LogP contribution in [0.15, 0.2) is 36.9 Å². The second-order valence-corrected chi connectivity index (χ2v) is 6.14. The van der Waals surface area contributed by atoms with Gasteiger partial charge in [0.05, 0.1) is 16.9 Å². The molecular weight excluding hydrogens is 451 g/mol. The summed E-state index contributed by atoms with van der Waals surface area (Å²) in [5.74, 6) is -3.43. The van der Waals surface area contributed by atoms with E-state index in [4.69, 9.17) is 11.6 Å². The molecule has 2 heterocycles. The molecule has 0 saturated carbocycles. The maximum absolute atomic E-state index is 13.9. The molecule has 0 unspecified atom stereocenters. The summed E-state index contributed by atoms with van der Waals surface area (Å²) in [5, 5.41) is 4.23. The Hall–Kier alpha value is -3.61. The number of nitrogens with zero attached hydrogens (tertiary/aromatic N) is 4. The Bertz CT molecular complexity index is 1110. The summed E-state index contributed by atoms with van der Waals surface area (Å²) in [6.07, 6.45) is -1.50. The van der Waals surface area contributed by atoms with Crippen LogP contribution in [0.1, 0.15) is 10.5 Å². The predicted octanol–water partition coefficient (Wildman–Crippen LogP) is 4.14. The molecule has 1 amide bonds. The van der Waals surface area contributed by atoms with Gasteiger partial charge >= 0.3 is 6.18 Å². The van der Waals surface area contributed by atoms with Crippen molar-refractivity contribution < 1.29 is 31.5 Å². The number of aromatic nitrogens is 4. The number of benzene rings is 1. The van der Waals surface area contributed by atoms with Gasteiger partial charge in [-0.3, -0.25) is 4.79 Å². The molecule has 8 nitrogen and oxygen atoms in total. The highest BCUT2D eigenvalue weighted by Crippen LogP contribution is 2.25. The van der Waals surface area contributed by atoms with Gasteiger partial charge in [0.15, 0.2) is 6.61 Å². The molecule has 0 radical (unpaired) electrons. The van der Waals surface area contributed by atoms with E-state index in [2.05, 4.69) is 35.3 Å². The fraction of sp³-hybridized carbons (Fsp3) is 0.118. The molecule has 0 aliphatic carbocycles. The lowest BCUT2D eigenvalue weighted by atomic mass is 10.3. The van der Waals surface area contributed by atoms with Crippen molar-refractivity contribution in [2.24, 2.45) is 0 Å². The lowest BCUT2D eigenvalue weighted by Crippen LogP contribution is -2.21. The number of hydrogen-bond acceptors (Lipinski definition) is 7. The zero-order valence-electron chi connectivity index (χ0n) is 15.0. The van der Waals surface area contributed by atoms with E-state index in [0.29, 0.717) is 0 Å². The molecule has 0 spiro atoms. The molecule has 31 heavy (non-hydrogen) atoms. The van der Waals surface area contributed by atoms with Gasteiger partial charge in [-0.25, -0.2) is 23.7 Å². The molecule has 14 heteroatoms. The van der Waals surface area contributed by atoms with Gasteiger partial charge in [-0.05, 0) is 12.1 Å². The number of anilines is 3. The number of nitrogens with one attached hydrogen (secondary N) is 2. The number of halogens is 6. The fourth-order valence-electron chi connectivity index (χ4n) is 2.14. The standard InChI is InChI=1S/C17H10ClF5N6O2/c18-8-3-10(20)12(4-9(8)19)29-16-25-2-1-11(28-16)14(30)27-13-5-24-7-26-15(13)31-6-17(21,22)23/h1-5,7H,6H2,(H,27,30)(H,25,28,29). The van der Waals surface area contributed by atoms with Gasteiger partial charge < -0.3 is 15.4 Å². The first kappa shape index (κ1) is 22.1. The number of hydrogen-bond donors (Lipinski definition) is 2. The van der Waals surface area contributed by atoms with Crippen LogP contribution >= 0.6 is 11.6 Å². The van der Waals surface area contributed by atoms with Crippen LogP contribution < -0.4 is 15.4 Å². The van der Waals surface area contributed by atoms with Gasteiger partial charge in [-0.2, -0.15) is 18.2 Å². The fourth-order valence-corrected chi connectivity index (χ4v) is 2.29. The normalized spacial score (nSPS) is 11.2. The van der Waals surface area contributed by atoms with E-state index in [0.717, 1.165) is 30.9 Å². The van der Waals surface area contributed by atoms with Crippen LogP contribution in [-0.2, 0) is 0 Å². The average Bonchev–Trinajstić information content (AvgIpc) is 2.71. The van der Waals surface area contributed by atoms with E-state index in [9.17, 15) is 26.7 Å². The molecule has 0 aliphatic heterocycles. The highest BCUT2D eigenvalue weighted by Gasteiger charge is 2.29. The minimum Gasteiger partial charge on any atom is -0.466 e. The Morgan fingerprint density at radius 1 is 1.13 bits per heavy atom. The van der Waals surface area contributed by atoms with Crippen molar-refractivity contribution in [2.75, 3.05) is 17.2 Å². The lowest BCUT2D eigenvalue weighted by Gasteiger charge is -2.12. The number of carbonyl (C=O) groups excluding carboxylic acids is 1. The zero-order chi connectivity index (χ0) is 22.6. The van der Waals surface area contributed by atoms with E-state index >= 15 is 0 Å². The highest BCUT2D eigenvalue weighted by molar-refractivity contribution is 6.30. The van der Waals surface area contributed by atoms with Crippen molar-refractivity contribution >= 4 is 34.8 Å². The van der Waals surface area contributed by atoms with Crippen molar-refractivity contribution in [2.45, 2.75) is 6.18 Å². The average molecular weight is 461 g/mol. The number of alkyl halides is 3. The molecular formula is C17H10ClF5N6O2. The van der Waals surface area contributed by atoms with Gasteiger partial charge in [-0.1, -0.05) is 11.6 Å². The molecule has 0 fully saturated rings. The molecule has 2 aromatic heterocycles. The summed E-state index contributed by atoms with van der Waals surface area (Å²) < 4.78 is 69.1. The van der Waals surface area contributed by atoms with E-state index in [1.54, 1.807) is 0 Å². The smallest absolute Gasteiger partial charge is 0.422 e. The van der Waals surface area contributed by atoms with Crippen molar-refractivity contribution in [3.05, 3.63) is 59.3 Å². The molecule has 3 aromatic rings. The number of amides is 1. The molecule has 0 bridgehead atoms. The summed E-state index contributed by atoms with van der Waals surface area (Å²) in [4.78, 5) is 27.2. The van der Waals surface area contributed by atoms with Crippen LogP contribution in [0.2, 0.25) is 5.02 Å². The predicted molar refractivity (Wildman–Crippen MR) is 98.2 cm³/mol. The summed E-state index contributed by atoms with van der Waals surface area (Å²) in [6.45, 7) is -1.63. The topological polar surface area (TPSA) is 102 Å². The van der Waals surface area contributed by atoms with Crippen LogP contribution in [-0.4, -0.2) is 38.6 Å². The zero-order valence-corrected chi connectivity index (χ0v) is 15.8. The van der Waals surface area contributed by atoms with E-state index in [1.807, 2.05) is 0 Å². The van der Waals surface area contributed by atoms with Crippen LogP contribution in [0.5, 0.6) is 5.88 Å². The van der Waals surface area contributed by atoms with Gasteiger partial charge in [0.1, 0.15) is 29.3 Å². The van der Waals surface area contributed by atoms with Gasteiger partial charge in [0.25, 0.3) is 5.91 Å². The van der Waals surface area contributed by atoms with E-state index in [-0.39, 0.29) is 23.0 Å². The first-order chi connectivity index (χ1) is 14.6. The quantitative estimate of drug-likeness (QED) is 0.421. The van der Waals surface area contributed by atoms with Gasteiger partial charge in [0.2, 0.25) is 11.8 Å². The Morgan fingerprint density at radius 3 is 2.65 bits per heavy atom. The third-order valence-corrected chi connectivity index (χ3v) is 3.73. The Morgan fingerprint density at radius 2 is 1.90 bits per heavy atom. The maximum Gasteiger partial charge on any atom is 0.422 e. The molecule has 0 atom stereocenters. The molecule has 3 rings (SSSR count). The van der Waals surface area contributed by atoms with Crippen LogP contribution in [0.3, 0.4) is 0 Å². The van der Waals surface area contributed by atoms with Crippen molar-refractivity contribution in [3.8, 4) is 5.88 Å². The summed E-state index contributed by atoms with van der Waals surface area (Å²) in [6, 6.07) is 2.70. The van der Waals surface area contributed by atoms with Crippen molar-refractivity contribution in [1.29, 1.82) is 0 Å². The van der Waals surface area contributed by atoms with Gasteiger partial charge in [-0.15, -0.1) is 0 Å². The molecule has 0 saturated heterocycles. The molecule has 2 N–H and O–H groups in total. The summed E-state index contributed by atoms with van der Waals surface area (Å²) in [7, 11) is 0. The molecule has 162 valence electrons. The second-order valence-electron chi connectivity index (χ2n) is 5.74. The Balaban J connectivity index is 1.76. The first-order valence-electron chi connectivity index (χ1n) is 8.18. The maximum atomic E-state index is 13.9. The molecule has 0 aliphatic rings. The monoisotopic (exact) mass is 460 g/mol. The third-order valence-electron chi connectivity index (χ3n) is 3.44. The number of ether oxygens (including phenoxy) is 1. The SMILES string of the molecule is O=C(Nc1cncnc1OCC(F)(F)F)c1ccnc(Nc2cc(F)c(Cl)cc2F)n1. The Kier molecular flexibility index (Phi) is 6.44. The molecule has 1 aromatic carbocycles. The lowest BCUT2D eigenvalue weighted by molar-refractivity contribution is -0.153. The van der Waals surface area contributed by atoms with E-state index < -0.39 is 41.2 Å². The minimum atomic E-state index is -4.62. The third kappa shape index (κ3) is 5.94. The van der Waals surface area contributed by atoms with E-state index in [1.165, 1.54) is 6.07 Å². The van der Waals surface area contributed by atoms with Crippen LogP contribution in [0.25, 0.3) is 0 Å². The number of carbonyl (C=O) groups is 1. The van der Waals surface area contributed by atoms with Gasteiger partial charge in [0, 0.05) is 12.3 Å². The van der Waals surface area contributed by atoms with Crippen LogP contribution in [0, 0.1) is 11.6 Å². The highest BCUT2D eigenvalue weighted by atomic mass is 35.5. The number of rotatable bonds is 6. The largest absolute Gasteiger partial charge is 0.466 e. The summed E-state index contributed by atoms with van der Waals surface area (Å²) in [5.41, 5.74) is -0.826. The van der Waals surface area contributed by atoms with Crippen molar-refractivity contribution in [1.82, 2.24) is 19.9 Å². The van der Waals surface area contributed by atoms with Crippen LogP contribution in [0.4, 0.5) is 39.3 Å². The summed E-state index contributed by atoms with van der Waals surface area (Å²) >= 11 is 5.48. The second kappa shape index (κ2) is 9.04. The van der Waals surface area contributed by atoms with Crippen molar-refractivity contribution in [3.63, 3.8) is 0 Å².